The number of nitrogens with two attached hydrogens (primary N) is 2. The molecule has 0 aliphatic heterocycles. The van der Waals surface area contributed by atoms with E-state index in [0.717, 1.165) is 0 Å². The van der Waals surface area contributed by atoms with Crippen molar-refractivity contribution in [3.05, 3.63) is 0 Å². The number of aliphatic carboxylic acids is 1. The minimum atomic E-state index is -1.44. The Balaban J connectivity index is 5.48. The largest absolute Gasteiger partial charge is 0.480 e. The monoisotopic (exact) mass is 431 g/mol. The highest BCUT2D eigenvalue weighted by Crippen LogP contribution is 2.08. The van der Waals surface area contributed by atoms with Gasteiger partial charge in [0.05, 0.1) is 13.0 Å². The third kappa shape index (κ3) is 9.65. The van der Waals surface area contributed by atoms with Crippen LogP contribution < -0.4 is 27.4 Å². The lowest BCUT2D eigenvalue weighted by Crippen LogP contribution is -2.58. The lowest BCUT2D eigenvalue weighted by Gasteiger charge is -2.26. The molecule has 0 radical (unpaired) electrons. The third-order valence-electron chi connectivity index (χ3n) is 4.14. The van der Waals surface area contributed by atoms with Crippen molar-refractivity contribution >= 4 is 29.6 Å². The van der Waals surface area contributed by atoms with Gasteiger partial charge in [-0.15, -0.1) is 0 Å². The third-order valence-corrected chi connectivity index (χ3v) is 4.14. The van der Waals surface area contributed by atoms with Gasteiger partial charge >= 0.3 is 5.97 Å². The molecule has 0 aromatic heterocycles. The maximum atomic E-state index is 12.7. The molecule has 4 unspecified atom stereocenters. The van der Waals surface area contributed by atoms with Crippen LogP contribution in [0.4, 0.5) is 0 Å². The number of carbonyl (C=O) groups excluding carboxylic acids is 4. The van der Waals surface area contributed by atoms with Gasteiger partial charge in [-0.1, -0.05) is 27.7 Å². The number of primary amides is 1. The first-order valence-corrected chi connectivity index (χ1v) is 9.58. The van der Waals surface area contributed by atoms with E-state index in [4.69, 9.17) is 16.6 Å². The first kappa shape index (κ1) is 27.3. The van der Waals surface area contributed by atoms with Gasteiger partial charge < -0.3 is 37.6 Å². The Hall–Kier alpha value is -2.73. The topological polar surface area (TPSA) is 214 Å². The van der Waals surface area contributed by atoms with Gasteiger partial charge in [0.15, 0.2) is 0 Å². The normalized spacial score (nSPS) is 15.1. The summed E-state index contributed by atoms with van der Waals surface area (Å²) in [5.41, 5.74) is 10.6. The van der Waals surface area contributed by atoms with Crippen molar-refractivity contribution in [1.82, 2.24) is 16.0 Å². The Bertz CT molecular complexity index is 638. The Kier molecular flexibility index (Phi) is 11.6. The van der Waals surface area contributed by atoms with Gasteiger partial charge in [-0.3, -0.25) is 19.2 Å². The number of carboxylic acid groups (broad SMARTS) is 1. The number of carboxylic acids is 1. The highest BCUT2D eigenvalue weighted by atomic mass is 16.4. The van der Waals surface area contributed by atoms with E-state index in [-0.39, 0.29) is 12.3 Å². The summed E-state index contributed by atoms with van der Waals surface area (Å²) in [6.45, 7) is 6.14. The lowest BCUT2D eigenvalue weighted by atomic mass is 10.0. The van der Waals surface area contributed by atoms with E-state index in [0.29, 0.717) is 0 Å². The highest BCUT2D eigenvalue weighted by Gasteiger charge is 2.32. The average Bonchev–Trinajstić information content (AvgIpc) is 2.62. The molecule has 30 heavy (non-hydrogen) atoms. The molecule has 4 atom stereocenters. The van der Waals surface area contributed by atoms with Crippen molar-refractivity contribution < 1.29 is 34.2 Å². The number of aliphatic hydroxyl groups is 1. The number of aliphatic hydroxyl groups excluding tert-OH is 1. The molecule has 4 amide bonds. The van der Waals surface area contributed by atoms with Crippen molar-refractivity contribution in [2.24, 2.45) is 23.3 Å². The molecule has 12 nitrogen and oxygen atoms in total. The molecule has 9 N–H and O–H groups in total. The van der Waals surface area contributed by atoms with Gasteiger partial charge in [0, 0.05) is 0 Å². The van der Waals surface area contributed by atoms with Crippen LogP contribution in [-0.2, 0) is 24.0 Å². The van der Waals surface area contributed by atoms with E-state index in [2.05, 4.69) is 16.0 Å². The summed E-state index contributed by atoms with van der Waals surface area (Å²) in [7, 11) is 0. The second kappa shape index (κ2) is 12.8. The lowest BCUT2D eigenvalue weighted by molar-refractivity contribution is -0.143. The van der Waals surface area contributed by atoms with Gasteiger partial charge in [0.2, 0.25) is 23.6 Å². The van der Waals surface area contributed by atoms with E-state index in [1.165, 1.54) is 0 Å². The quantitative estimate of drug-likeness (QED) is 0.164. The minimum absolute atomic E-state index is 0.0350. The molecule has 0 saturated carbocycles. The molecule has 0 bridgehead atoms. The fraction of sp³-hybridized carbons (Fsp3) is 0.722. The first-order chi connectivity index (χ1) is 13.8. The van der Waals surface area contributed by atoms with E-state index >= 15 is 0 Å². The maximum Gasteiger partial charge on any atom is 0.326 e. The predicted molar refractivity (Wildman–Crippen MR) is 107 cm³/mol. The first-order valence-electron chi connectivity index (χ1n) is 9.58. The Morgan fingerprint density at radius 3 is 1.77 bits per heavy atom. The number of amides is 4. The minimum Gasteiger partial charge on any atom is -0.480 e. The number of nitrogens with one attached hydrogen (secondary N) is 3. The van der Waals surface area contributed by atoms with Gasteiger partial charge in [-0.2, -0.15) is 0 Å². The molecule has 172 valence electrons. The molecule has 0 aliphatic rings. The van der Waals surface area contributed by atoms with E-state index in [1.54, 1.807) is 27.7 Å². The number of hydrogen-bond donors (Lipinski definition) is 7. The zero-order valence-corrected chi connectivity index (χ0v) is 17.7. The average molecular weight is 431 g/mol. The summed E-state index contributed by atoms with van der Waals surface area (Å²) in [6, 6.07) is -5.01. The second-order valence-electron chi connectivity index (χ2n) is 7.78. The molecule has 0 rings (SSSR count). The second-order valence-corrected chi connectivity index (χ2v) is 7.78. The molecule has 0 heterocycles. The van der Waals surface area contributed by atoms with Crippen LogP contribution in [0.15, 0.2) is 0 Å². The van der Waals surface area contributed by atoms with Crippen LogP contribution in [0.5, 0.6) is 0 Å². The van der Waals surface area contributed by atoms with Crippen LogP contribution >= 0.6 is 0 Å². The van der Waals surface area contributed by atoms with Crippen molar-refractivity contribution in [3.8, 4) is 0 Å². The van der Waals surface area contributed by atoms with Crippen molar-refractivity contribution in [3.63, 3.8) is 0 Å². The summed E-state index contributed by atoms with van der Waals surface area (Å²) in [5.74, 6) is -5.09. The van der Waals surface area contributed by atoms with Crippen LogP contribution in [0, 0.1) is 11.8 Å². The molecule has 0 fully saturated rings. The van der Waals surface area contributed by atoms with Gasteiger partial charge in [-0.25, -0.2) is 4.79 Å². The predicted octanol–water partition coefficient (Wildman–Crippen LogP) is -2.58. The van der Waals surface area contributed by atoms with Gasteiger partial charge in [-0.05, 0) is 18.3 Å². The van der Waals surface area contributed by atoms with Crippen molar-refractivity contribution in [1.29, 1.82) is 0 Å². The maximum absolute atomic E-state index is 12.7. The number of hydrogen-bond acceptors (Lipinski definition) is 7. The van der Waals surface area contributed by atoms with E-state index in [1.807, 2.05) is 0 Å². The standard InChI is InChI=1S/C18H33N5O7/c1-8(2)5-11(21-15(26)10(19)7-24)16(27)22-12(6-13(20)25)17(28)23-14(9(3)4)18(29)30/h8-12,14,24H,5-7,19H2,1-4H3,(H2,20,25)(H,21,26)(H,22,27)(H,23,28)(H,29,30). The van der Waals surface area contributed by atoms with Crippen LogP contribution in [0.3, 0.4) is 0 Å². The molecule has 12 heteroatoms. The summed E-state index contributed by atoms with van der Waals surface area (Å²) in [6.07, 6.45) is -0.384. The summed E-state index contributed by atoms with van der Waals surface area (Å²) in [5, 5.41) is 25.2. The molecule has 0 saturated heterocycles. The van der Waals surface area contributed by atoms with Gasteiger partial charge in [0.1, 0.15) is 24.2 Å². The zero-order chi connectivity index (χ0) is 23.6. The highest BCUT2D eigenvalue weighted by molar-refractivity contribution is 5.96. The number of carbonyl (C=O) groups is 5. The van der Waals surface area contributed by atoms with Crippen LogP contribution in [0.1, 0.15) is 40.5 Å². The molecule has 0 aromatic carbocycles. The van der Waals surface area contributed by atoms with Crippen LogP contribution in [0.2, 0.25) is 0 Å². The van der Waals surface area contributed by atoms with Crippen LogP contribution in [-0.4, -0.2) is 70.6 Å². The summed E-state index contributed by atoms with van der Waals surface area (Å²) >= 11 is 0. The van der Waals surface area contributed by atoms with E-state index in [9.17, 15) is 29.1 Å². The molecular weight excluding hydrogens is 398 g/mol. The fourth-order valence-corrected chi connectivity index (χ4v) is 2.51. The Morgan fingerprint density at radius 1 is 0.867 bits per heavy atom. The fourth-order valence-electron chi connectivity index (χ4n) is 2.51. The number of rotatable bonds is 13. The Morgan fingerprint density at radius 2 is 1.37 bits per heavy atom. The van der Waals surface area contributed by atoms with Crippen molar-refractivity contribution in [2.75, 3.05) is 6.61 Å². The SMILES string of the molecule is CC(C)CC(NC(=O)C(N)CO)C(=O)NC(CC(N)=O)C(=O)NC(C(=O)O)C(C)C. The van der Waals surface area contributed by atoms with Crippen LogP contribution in [0.25, 0.3) is 0 Å². The molecule has 0 aromatic rings. The Labute approximate surface area is 175 Å². The smallest absolute Gasteiger partial charge is 0.326 e. The summed E-state index contributed by atoms with van der Waals surface area (Å²) < 4.78 is 0. The molecule has 0 aliphatic carbocycles. The summed E-state index contributed by atoms with van der Waals surface area (Å²) in [4.78, 5) is 59.9. The zero-order valence-electron chi connectivity index (χ0n) is 17.7. The molecular formula is C18H33N5O7. The van der Waals surface area contributed by atoms with E-state index < -0.39 is 72.7 Å². The van der Waals surface area contributed by atoms with Crippen molar-refractivity contribution in [2.45, 2.75) is 64.7 Å². The molecule has 0 spiro atoms. The van der Waals surface area contributed by atoms with Gasteiger partial charge in [0.25, 0.3) is 0 Å².